The Kier molecular flexibility index (Phi) is 2.12. The minimum absolute atomic E-state index is 0.00514. The van der Waals surface area contributed by atoms with Crippen LogP contribution in [0, 0.1) is 0 Å². The summed E-state index contributed by atoms with van der Waals surface area (Å²) in [5, 5.41) is 0. The molecule has 1 aliphatic carbocycles. The van der Waals surface area contributed by atoms with E-state index in [0.29, 0.717) is 0 Å². The highest BCUT2D eigenvalue weighted by Crippen LogP contribution is 2.38. The van der Waals surface area contributed by atoms with E-state index in [4.69, 9.17) is 5.73 Å². The molecule has 70 valence electrons. The number of benzene rings is 1. The van der Waals surface area contributed by atoms with Gasteiger partial charge in [0.2, 0.25) is 0 Å². The van der Waals surface area contributed by atoms with Crippen molar-refractivity contribution in [3.63, 3.8) is 0 Å². The summed E-state index contributed by atoms with van der Waals surface area (Å²) in [7, 11) is 0. The number of rotatable bonds is 2. The molecule has 0 heterocycles. The average molecular weight is 175 g/mol. The number of aryl methyl sites for hydroxylation is 1. The molecule has 0 spiro atoms. The van der Waals surface area contributed by atoms with Gasteiger partial charge in [0.05, 0.1) is 0 Å². The summed E-state index contributed by atoms with van der Waals surface area (Å²) in [5.74, 6) is 0. The average Bonchev–Trinajstić information content (AvgIpc) is 2.14. The van der Waals surface area contributed by atoms with Gasteiger partial charge in [-0.15, -0.1) is 0 Å². The van der Waals surface area contributed by atoms with Crippen LogP contribution >= 0.6 is 0 Å². The second-order valence-corrected chi connectivity index (χ2v) is 4.06. The van der Waals surface area contributed by atoms with E-state index in [9.17, 15) is 0 Å². The van der Waals surface area contributed by atoms with Crippen molar-refractivity contribution in [3.8, 4) is 0 Å². The van der Waals surface area contributed by atoms with Gasteiger partial charge in [0.25, 0.3) is 0 Å². The molecule has 2 rings (SSSR count). The zero-order chi connectivity index (χ0) is 9.31. The first-order valence-electron chi connectivity index (χ1n) is 5.13. The quantitative estimate of drug-likeness (QED) is 0.734. The van der Waals surface area contributed by atoms with Crippen molar-refractivity contribution >= 4 is 0 Å². The van der Waals surface area contributed by atoms with Crippen LogP contribution < -0.4 is 5.73 Å². The molecule has 0 aromatic heterocycles. The second kappa shape index (κ2) is 3.15. The van der Waals surface area contributed by atoms with E-state index in [1.807, 2.05) is 0 Å². The molecule has 0 amide bonds. The van der Waals surface area contributed by atoms with E-state index in [1.54, 1.807) is 0 Å². The standard InChI is InChI=1S/C12H17N/c1-2-10-5-3-6-11(9-10)12(13)7-4-8-12/h3,5-6,9H,2,4,7-8,13H2,1H3. The molecule has 0 bridgehead atoms. The van der Waals surface area contributed by atoms with Crippen LogP contribution in [0.3, 0.4) is 0 Å². The molecule has 1 aromatic carbocycles. The molecule has 1 fully saturated rings. The first-order valence-corrected chi connectivity index (χ1v) is 5.13. The molecule has 1 heteroatoms. The summed E-state index contributed by atoms with van der Waals surface area (Å²) < 4.78 is 0. The normalized spacial score (nSPS) is 19.5. The van der Waals surface area contributed by atoms with Gasteiger partial charge < -0.3 is 5.73 Å². The number of hydrogen-bond acceptors (Lipinski definition) is 1. The maximum Gasteiger partial charge on any atom is 0.0409 e. The molecule has 0 unspecified atom stereocenters. The third-order valence-electron chi connectivity index (χ3n) is 3.16. The Morgan fingerprint density at radius 2 is 2.15 bits per heavy atom. The Labute approximate surface area is 80.0 Å². The van der Waals surface area contributed by atoms with Gasteiger partial charge in [-0.05, 0) is 36.8 Å². The van der Waals surface area contributed by atoms with E-state index in [0.717, 1.165) is 19.3 Å². The van der Waals surface area contributed by atoms with Gasteiger partial charge in [0, 0.05) is 5.54 Å². The van der Waals surface area contributed by atoms with Crippen LogP contribution in [0.15, 0.2) is 24.3 Å². The van der Waals surface area contributed by atoms with Gasteiger partial charge in [-0.3, -0.25) is 0 Å². The van der Waals surface area contributed by atoms with Crippen molar-refractivity contribution in [2.45, 2.75) is 38.1 Å². The fourth-order valence-corrected chi connectivity index (χ4v) is 1.95. The zero-order valence-electron chi connectivity index (χ0n) is 8.22. The summed E-state index contributed by atoms with van der Waals surface area (Å²) in [5.41, 5.74) is 8.98. The summed E-state index contributed by atoms with van der Waals surface area (Å²) in [6, 6.07) is 8.73. The van der Waals surface area contributed by atoms with Gasteiger partial charge in [-0.1, -0.05) is 31.2 Å². The number of nitrogens with two attached hydrogens (primary N) is 1. The van der Waals surface area contributed by atoms with Gasteiger partial charge in [-0.25, -0.2) is 0 Å². The fraction of sp³-hybridized carbons (Fsp3) is 0.500. The molecule has 2 N–H and O–H groups in total. The molecule has 1 aromatic rings. The highest BCUT2D eigenvalue weighted by Gasteiger charge is 2.34. The fourth-order valence-electron chi connectivity index (χ4n) is 1.95. The third-order valence-corrected chi connectivity index (χ3v) is 3.16. The summed E-state index contributed by atoms with van der Waals surface area (Å²) in [4.78, 5) is 0. The van der Waals surface area contributed by atoms with E-state index in [2.05, 4.69) is 31.2 Å². The lowest BCUT2D eigenvalue weighted by Crippen LogP contribution is -2.43. The second-order valence-electron chi connectivity index (χ2n) is 4.06. The van der Waals surface area contributed by atoms with Crippen molar-refractivity contribution < 1.29 is 0 Å². The lowest BCUT2D eigenvalue weighted by molar-refractivity contribution is 0.253. The molecule has 1 saturated carbocycles. The van der Waals surface area contributed by atoms with Crippen molar-refractivity contribution in [3.05, 3.63) is 35.4 Å². The monoisotopic (exact) mass is 175 g/mol. The van der Waals surface area contributed by atoms with Crippen molar-refractivity contribution in [2.75, 3.05) is 0 Å². The van der Waals surface area contributed by atoms with Gasteiger partial charge >= 0.3 is 0 Å². The van der Waals surface area contributed by atoms with Gasteiger partial charge in [-0.2, -0.15) is 0 Å². The Balaban J connectivity index is 2.29. The maximum atomic E-state index is 6.25. The van der Waals surface area contributed by atoms with Crippen LogP contribution in [0.1, 0.15) is 37.3 Å². The molecule has 1 nitrogen and oxygen atoms in total. The van der Waals surface area contributed by atoms with Crippen molar-refractivity contribution in [2.24, 2.45) is 5.73 Å². The lowest BCUT2D eigenvalue weighted by Gasteiger charge is -2.38. The van der Waals surface area contributed by atoms with Crippen molar-refractivity contribution in [1.29, 1.82) is 0 Å². The summed E-state index contributed by atoms with van der Waals surface area (Å²) >= 11 is 0. The minimum atomic E-state index is 0.00514. The third kappa shape index (κ3) is 1.49. The number of hydrogen-bond donors (Lipinski definition) is 1. The maximum absolute atomic E-state index is 6.25. The largest absolute Gasteiger partial charge is 0.321 e. The van der Waals surface area contributed by atoms with E-state index >= 15 is 0 Å². The Hall–Kier alpha value is -0.820. The first kappa shape index (κ1) is 8.76. The van der Waals surface area contributed by atoms with Crippen LogP contribution in [0.2, 0.25) is 0 Å². The Morgan fingerprint density at radius 1 is 1.38 bits per heavy atom. The first-order chi connectivity index (χ1) is 6.24. The topological polar surface area (TPSA) is 26.0 Å². The van der Waals surface area contributed by atoms with Gasteiger partial charge in [0.1, 0.15) is 0 Å². The summed E-state index contributed by atoms with van der Waals surface area (Å²) in [6.07, 6.45) is 4.69. The van der Waals surface area contributed by atoms with Crippen LogP contribution in [0.4, 0.5) is 0 Å². The molecule has 0 atom stereocenters. The summed E-state index contributed by atoms with van der Waals surface area (Å²) in [6.45, 7) is 2.18. The predicted molar refractivity (Wildman–Crippen MR) is 55.5 cm³/mol. The molecular formula is C12H17N. The molecule has 0 aliphatic heterocycles. The Morgan fingerprint density at radius 3 is 2.69 bits per heavy atom. The van der Waals surface area contributed by atoms with Crippen LogP contribution in [-0.2, 0) is 12.0 Å². The van der Waals surface area contributed by atoms with E-state index < -0.39 is 0 Å². The lowest BCUT2D eigenvalue weighted by atomic mass is 9.72. The molecule has 13 heavy (non-hydrogen) atoms. The zero-order valence-corrected chi connectivity index (χ0v) is 8.22. The van der Waals surface area contributed by atoms with E-state index in [1.165, 1.54) is 17.5 Å². The SMILES string of the molecule is CCc1cccc(C2(N)CCC2)c1. The van der Waals surface area contributed by atoms with E-state index in [-0.39, 0.29) is 5.54 Å². The Bertz CT molecular complexity index is 300. The van der Waals surface area contributed by atoms with Gasteiger partial charge in [0.15, 0.2) is 0 Å². The molecule has 0 saturated heterocycles. The molecular weight excluding hydrogens is 158 g/mol. The van der Waals surface area contributed by atoms with Crippen LogP contribution in [-0.4, -0.2) is 0 Å². The highest BCUT2D eigenvalue weighted by molar-refractivity contribution is 5.31. The van der Waals surface area contributed by atoms with Crippen molar-refractivity contribution in [1.82, 2.24) is 0 Å². The predicted octanol–water partition coefficient (Wildman–Crippen LogP) is 2.59. The molecule has 1 aliphatic rings. The minimum Gasteiger partial charge on any atom is -0.321 e. The smallest absolute Gasteiger partial charge is 0.0409 e. The van der Waals surface area contributed by atoms with Crippen LogP contribution in [0.5, 0.6) is 0 Å². The highest BCUT2D eigenvalue weighted by atomic mass is 14.8. The molecule has 0 radical (unpaired) electrons. The van der Waals surface area contributed by atoms with Crippen LogP contribution in [0.25, 0.3) is 0 Å².